The van der Waals surface area contributed by atoms with Crippen LogP contribution in [0.25, 0.3) is 0 Å². The maximum absolute atomic E-state index is 10.1. The van der Waals surface area contributed by atoms with Gasteiger partial charge in [0, 0.05) is 0 Å². The molecule has 0 aliphatic rings. The van der Waals surface area contributed by atoms with Gasteiger partial charge in [-0.15, -0.1) is 0 Å². The maximum atomic E-state index is 10.1. The molecule has 0 bridgehead atoms. The minimum absolute atomic E-state index is 0.184. The fraction of sp³-hybridized carbons (Fsp3) is 0.833. The molecular formula is C12H21O4. The Bertz CT molecular complexity index is 180. The van der Waals surface area contributed by atoms with Crippen LogP contribution in [-0.4, -0.2) is 19.0 Å². The lowest BCUT2D eigenvalue weighted by atomic mass is 10.1. The summed E-state index contributed by atoms with van der Waals surface area (Å²) in [5.41, 5.74) is 0. The molecule has 0 saturated heterocycles. The van der Waals surface area contributed by atoms with Crippen molar-refractivity contribution in [3.63, 3.8) is 0 Å². The lowest BCUT2D eigenvalue weighted by Gasteiger charge is -2.01. The lowest BCUT2D eigenvalue weighted by molar-refractivity contribution is -0.143. The van der Waals surface area contributed by atoms with Crippen molar-refractivity contribution in [2.75, 3.05) is 6.61 Å². The minimum Gasteiger partial charge on any atom is -0.468 e. The monoisotopic (exact) mass is 229 g/mol. The molecule has 0 atom stereocenters. The summed E-state index contributed by atoms with van der Waals surface area (Å²) in [4.78, 5) is 19.9. The zero-order valence-electron chi connectivity index (χ0n) is 9.78. The van der Waals surface area contributed by atoms with Crippen molar-refractivity contribution < 1.29 is 19.4 Å². The van der Waals surface area contributed by atoms with E-state index in [1.807, 2.05) is 0 Å². The summed E-state index contributed by atoms with van der Waals surface area (Å²) in [5.74, 6) is -0.949. The average Bonchev–Trinajstić information content (AvgIpc) is 2.25. The topological polar surface area (TPSA) is 63.3 Å². The number of unbranched alkanes of at least 4 members (excludes halogenated alkanes) is 7. The Morgan fingerprint density at radius 2 is 1.38 bits per heavy atom. The summed E-state index contributed by atoms with van der Waals surface area (Å²) in [5, 5.41) is 10.1. The summed E-state index contributed by atoms with van der Waals surface area (Å²) in [6, 6.07) is 0. The van der Waals surface area contributed by atoms with Crippen LogP contribution in [0.1, 0.15) is 57.8 Å². The smallest absolute Gasteiger partial charge is 0.355 e. The van der Waals surface area contributed by atoms with Gasteiger partial charge in [0.25, 0.3) is 6.47 Å². The quantitative estimate of drug-likeness (QED) is 0.381. The second-order valence-corrected chi connectivity index (χ2v) is 3.92. The maximum Gasteiger partial charge on any atom is 0.355 e. The first kappa shape index (κ1) is 14.9. The molecule has 0 saturated carbocycles. The number of hydrogen-bond donors (Lipinski definition) is 0. The number of carbonyl (C=O) groups excluding carboxylic acids is 2. The first-order valence-corrected chi connectivity index (χ1v) is 6.02. The third kappa shape index (κ3) is 12.9. The molecule has 0 spiro atoms. The third-order valence-electron chi connectivity index (χ3n) is 2.46. The molecule has 4 nitrogen and oxygen atoms in total. The van der Waals surface area contributed by atoms with Crippen molar-refractivity contribution in [1.82, 2.24) is 0 Å². The standard InChI is InChI=1S/C12H21O4/c13-11-16-10-8-6-4-2-1-3-5-7-9-12(14)15/h11H,1-10H2. The predicted octanol–water partition coefficient (Wildman–Crippen LogP) is 2.63. The minimum atomic E-state index is -0.949. The average molecular weight is 229 g/mol. The molecule has 93 valence electrons. The molecule has 16 heavy (non-hydrogen) atoms. The lowest BCUT2D eigenvalue weighted by Crippen LogP contribution is -1.92. The molecule has 0 amide bonds. The summed E-state index contributed by atoms with van der Waals surface area (Å²) >= 11 is 0. The van der Waals surface area contributed by atoms with Crippen molar-refractivity contribution >= 4 is 12.4 Å². The molecule has 0 aromatic rings. The molecule has 0 aromatic carbocycles. The zero-order valence-corrected chi connectivity index (χ0v) is 9.78. The second-order valence-electron chi connectivity index (χ2n) is 3.92. The van der Waals surface area contributed by atoms with Gasteiger partial charge in [0.05, 0.1) is 13.0 Å². The highest BCUT2D eigenvalue weighted by atomic mass is 16.5. The third-order valence-corrected chi connectivity index (χ3v) is 2.46. The van der Waals surface area contributed by atoms with E-state index in [0.29, 0.717) is 13.1 Å². The number of carbonyl (C=O) groups is 2. The summed E-state index contributed by atoms with van der Waals surface area (Å²) in [6.07, 6.45) is 8.49. The molecule has 0 aliphatic heterocycles. The molecule has 0 aromatic heterocycles. The van der Waals surface area contributed by atoms with Gasteiger partial charge in [-0.3, -0.25) is 4.79 Å². The molecule has 1 radical (unpaired) electrons. The molecule has 0 N–H and O–H groups in total. The molecule has 0 heterocycles. The molecule has 0 rings (SSSR count). The largest absolute Gasteiger partial charge is 0.468 e. The Kier molecular flexibility index (Phi) is 11.2. The van der Waals surface area contributed by atoms with Gasteiger partial charge >= 0.3 is 5.97 Å². The van der Waals surface area contributed by atoms with E-state index < -0.39 is 5.97 Å². The molecule has 4 heteroatoms. The SMILES string of the molecule is [O]C(=O)CCCCCCCCCCOC=O. The molecule has 0 unspecified atom stereocenters. The van der Waals surface area contributed by atoms with Crippen LogP contribution in [0, 0.1) is 0 Å². The van der Waals surface area contributed by atoms with Gasteiger partial charge in [-0.2, -0.15) is 0 Å². The van der Waals surface area contributed by atoms with Gasteiger partial charge in [0.1, 0.15) is 0 Å². The second kappa shape index (κ2) is 12.0. The highest BCUT2D eigenvalue weighted by Gasteiger charge is 1.98. The first-order chi connectivity index (χ1) is 7.77. The van der Waals surface area contributed by atoms with E-state index >= 15 is 0 Å². The van der Waals surface area contributed by atoms with E-state index in [9.17, 15) is 14.7 Å². The van der Waals surface area contributed by atoms with E-state index in [-0.39, 0.29) is 6.42 Å². The van der Waals surface area contributed by atoms with Gasteiger partial charge in [-0.05, 0) is 12.8 Å². The zero-order chi connectivity index (χ0) is 12.1. The van der Waals surface area contributed by atoms with E-state index in [4.69, 9.17) is 0 Å². The Labute approximate surface area is 97.0 Å². The highest BCUT2D eigenvalue weighted by molar-refractivity contribution is 5.66. The van der Waals surface area contributed by atoms with Gasteiger partial charge in [-0.1, -0.05) is 38.5 Å². The van der Waals surface area contributed by atoms with Crippen LogP contribution in [0.4, 0.5) is 0 Å². The van der Waals surface area contributed by atoms with Gasteiger partial charge in [0.2, 0.25) is 0 Å². The predicted molar refractivity (Wildman–Crippen MR) is 59.3 cm³/mol. The number of rotatable bonds is 12. The van der Waals surface area contributed by atoms with Crippen LogP contribution in [0.3, 0.4) is 0 Å². The molecule has 0 fully saturated rings. The van der Waals surface area contributed by atoms with Crippen molar-refractivity contribution in [1.29, 1.82) is 0 Å². The van der Waals surface area contributed by atoms with E-state index in [1.54, 1.807) is 0 Å². The fourth-order valence-corrected chi connectivity index (χ4v) is 1.56. The van der Waals surface area contributed by atoms with Crippen LogP contribution in [0.5, 0.6) is 0 Å². The van der Waals surface area contributed by atoms with Crippen LogP contribution >= 0.6 is 0 Å². The van der Waals surface area contributed by atoms with Crippen LogP contribution in [-0.2, 0) is 19.4 Å². The van der Waals surface area contributed by atoms with E-state index in [0.717, 1.165) is 44.9 Å². The van der Waals surface area contributed by atoms with E-state index in [1.165, 1.54) is 6.42 Å². The van der Waals surface area contributed by atoms with Gasteiger partial charge in [-0.25, -0.2) is 9.90 Å². The Balaban J connectivity index is 2.93. The fourth-order valence-electron chi connectivity index (χ4n) is 1.56. The van der Waals surface area contributed by atoms with Crippen molar-refractivity contribution in [3.8, 4) is 0 Å². The van der Waals surface area contributed by atoms with Crippen molar-refractivity contribution in [3.05, 3.63) is 0 Å². The van der Waals surface area contributed by atoms with Gasteiger partial charge in [0.15, 0.2) is 0 Å². The molecular weight excluding hydrogens is 208 g/mol. The van der Waals surface area contributed by atoms with Gasteiger partial charge < -0.3 is 4.74 Å². The van der Waals surface area contributed by atoms with Crippen molar-refractivity contribution in [2.24, 2.45) is 0 Å². The normalized spacial score (nSPS) is 10.0. The van der Waals surface area contributed by atoms with Crippen LogP contribution in [0.15, 0.2) is 0 Å². The summed E-state index contributed by atoms with van der Waals surface area (Å²) < 4.78 is 4.57. The van der Waals surface area contributed by atoms with Crippen LogP contribution < -0.4 is 0 Å². The number of hydrogen-bond acceptors (Lipinski definition) is 3. The first-order valence-electron chi connectivity index (χ1n) is 6.02. The van der Waals surface area contributed by atoms with E-state index in [2.05, 4.69) is 4.74 Å². The summed E-state index contributed by atoms with van der Waals surface area (Å²) in [7, 11) is 0. The number of ether oxygens (including phenoxy) is 1. The van der Waals surface area contributed by atoms with Crippen LogP contribution in [0.2, 0.25) is 0 Å². The summed E-state index contributed by atoms with van der Waals surface area (Å²) in [6.45, 7) is 1.01. The Morgan fingerprint density at radius 1 is 0.875 bits per heavy atom. The molecule has 0 aliphatic carbocycles. The Hall–Kier alpha value is -1.06. The highest BCUT2D eigenvalue weighted by Crippen LogP contribution is 2.09. The van der Waals surface area contributed by atoms with Crippen molar-refractivity contribution in [2.45, 2.75) is 57.8 Å². The Morgan fingerprint density at radius 3 is 1.88 bits per heavy atom.